The number of aliphatic imine (C=N–C) groups is 1. The topological polar surface area (TPSA) is 49.3 Å². The van der Waals surface area contributed by atoms with Crippen molar-refractivity contribution < 1.29 is 18.9 Å². The highest BCUT2D eigenvalue weighted by Crippen LogP contribution is 2.49. The van der Waals surface area contributed by atoms with Crippen LogP contribution in [0.2, 0.25) is 0 Å². The van der Waals surface area contributed by atoms with Gasteiger partial charge in [-0.1, -0.05) is 6.07 Å². The summed E-state index contributed by atoms with van der Waals surface area (Å²) < 4.78 is 21.7. The predicted molar refractivity (Wildman–Crippen MR) is 70.1 cm³/mol. The second-order valence-electron chi connectivity index (χ2n) is 4.32. The van der Waals surface area contributed by atoms with E-state index in [4.69, 9.17) is 18.9 Å². The molecular weight excluding hydrogens is 246 g/mol. The molecule has 0 fully saturated rings. The van der Waals surface area contributed by atoms with Crippen molar-refractivity contribution in [1.29, 1.82) is 0 Å². The Balaban J connectivity index is 2.20. The predicted octanol–water partition coefficient (Wildman–Crippen LogP) is 2.60. The van der Waals surface area contributed by atoms with E-state index in [-0.39, 0.29) is 12.0 Å². The quantitative estimate of drug-likeness (QED) is 0.839. The van der Waals surface area contributed by atoms with Crippen LogP contribution in [0.4, 0.5) is 5.69 Å². The Morgan fingerprint density at radius 2 is 2.00 bits per heavy atom. The average Bonchev–Trinajstić information content (AvgIpc) is 2.91. The highest BCUT2D eigenvalue weighted by molar-refractivity contribution is 5.90. The van der Waals surface area contributed by atoms with Crippen LogP contribution in [0.3, 0.4) is 0 Å². The highest BCUT2D eigenvalue weighted by atomic mass is 16.5. The second-order valence-corrected chi connectivity index (χ2v) is 4.32. The Morgan fingerprint density at radius 1 is 1.16 bits per heavy atom. The van der Waals surface area contributed by atoms with Gasteiger partial charge < -0.3 is 18.9 Å². The molecule has 0 spiro atoms. The summed E-state index contributed by atoms with van der Waals surface area (Å²) in [6.45, 7) is 0. The van der Waals surface area contributed by atoms with Gasteiger partial charge in [0.1, 0.15) is 5.69 Å². The third kappa shape index (κ3) is 1.69. The molecule has 0 amide bonds. The molecule has 0 saturated carbocycles. The molecule has 5 nitrogen and oxygen atoms in total. The molecule has 2 aliphatic rings. The number of fused-ring (bicyclic) bond motifs is 2. The lowest BCUT2D eigenvalue weighted by Crippen LogP contribution is -2.23. The fourth-order valence-corrected chi connectivity index (χ4v) is 2.53. The summed E-state index contributed by atoms with van der Waals surface area (Å²) in [4.78, 5) is 4.53. The van der Waals surface area contributed by atoms with E-state index in [0.29, 0.717) is 23.1 Å². The van der Waals surface area contributed by atoms with Crippen LogP contribution in [0.25, 0.3) is 0 Å². The van der Waals surface area contributed by atoms with Gasteiger partial charge in [0.15, 0.2) is 11.5 Å². The smallest absolute Gasteiger partial charge is 0.204 e. The number of hydrogen-bond acceptors (Lipinski definition) is 5. The van der Waals surface area contributed by atoms with Gasteiger partial charge in [-0.3, -0.25) is 0 Å². The third-order valence-electron chi connectivity index (χ3n) is 3.42. The molecule has 1 aromatic rings. The summed E-state index contributed by atoms with van der Waals surface area (Å²) in [6, 6.07) is 3.82. The molecule has 0 unspecified atom stereocenters. The zero-order chi connectivity index (χ0) is 13.4. The Hall–Kier alpha value is -2.01. The molecule has 2 aliphatic heterocycles. The first-order valence-corrected chi connectivity index (χ1v) is 5.99. The summed E-state index contributed by atoms with van der Waals surface area (Å²) >= 11 is 0. The first-order chi connectivity index (χ1) is 9.30. The molecule has 0 saturated heterocycles. The van der Waals surface area contributed by atoms with Gasteiger partial charge in [-0.2, -0.15) is 0 Å². The van der Waals surface area contributed by atoms with Crippen LogP contribution in [0.5, 0.6) is 11.5 Å². The Labute approximate surface area is 111 Å². The van der Waals surface area contributed by atoms with E-state index in [1.54, 1.807) is 27.6 Å². The molecule has 0 aliphatic carbocycles. The second kappa shape index (κ2) is 4.59. The Morgan fingerprint density at radius 3 is 2.68 bits per heavy atom. The van der Waals surface area contributed by atoms with Crippen LogP contribution in [0.15, 0.2) is 29.5 Å². The lowest BCUT2D eigenvalue weighted by Gasteiger charge is -2.27. The SMILES string of the molecule is COc1ccc2c(c1OC)N=C1OC=C[C@@H]1[C@@H]2OC. The first-order valence-electron chi connectivity index (χ1n) is 5.99. The van der Waals surface area contributed by atoms with E-state index in [9.17, 15) is 0 Å². The number of hydrogen-bond donors (Lipinski definition) is 0. The molecule has 1 aromatic carbocycles. The monoisotopic (exact) mass is 261 g/mol. The van der Waals surface area contributed by atoms with Crippen molar-refractivity contribution in [3.63, 3.8) is 0 Å². The molecule has 3 rings (SSSR count). The lowest BCUT2D eigenvalue weighted by atomic mass is 9.91. The van der Waals surface area contributed by atoms with Crippen molar-refractivity contribution in [2.24, 2.45) is 10.9 Å². The standard InChI is InChI=1S/C14H15NO4/c1-16-10-5-4-8-11(13(10)18-3)15-14-9(6-7-19-14)12(8)17-2/h4-7,9,12H,1-3H3/t9-,12-/m1/s1. The summed E-state index contributed by atoms with van der Waals surface area (Å²) in [6.07, 6.45) is 3.47. The van der Waals surface area contributed by atoms with Gasteiger partial charge in [0, 0.05) is 12.7 Å². The maximum Gasteiger partial charge on any atom is 0.204 e. The molecular formula is C14H15NO4. The fourth-order valence-electron chi connectivity index (χ4n) is 2.53. The van der Waals surface area contributed by atoms with Gasteiger partial charge in [0.2, 0.25) is 5.90 Å². The van der Waals surface area contributed by atoms with Gasteiger partial charge in [-0.05, 0) is 12.1 Å². The number of nitrogens with zero attached hydrogens (tertiary/aromatic N) is 1. The molecule has 0 bridgehead atoms. The van der Waals surface area contributed by atoms with Crippen molar-refractivity contribution in [1.82, 2.24) is 0 Å². The van der Waals surface area contributed by atoms with E-state index in [0.717, 1.165) is 5.56 Å². The van der Waals surface area contributed by atoms with Gasteiger partial charge in [0.25, 0.3) is 0 Å². The molecule has 19 heavy (non-hydrogen) atoms. The van der Waals surface area contributed by atoms with Crippen molar-refractivity contribution in [3.05, 3.63) is 30.0 Å². The maximum absolute atomic E-state index is 5.60. The zero-order valence-corrected chi connectivity index (χ0v) is 11.0. The fraction of sp³-hybridized carbons (Fsp3) is 0.357. The van der Waals surface area contributed by atoms with Crippen LogP contribution >= 0.6 is 0 Å². The third-order valence-corrected chi connectivity index (χ3v) is 3.42. The molecule has 2 atom stereocenters. The maximum atomic E-state index is 5.60. The minimum Gasteiger partial charge on any atom is -0.493 e. The highest BCUT2D eigenvalue weighted by Gasteiger charge is 2.37. The normalized spacial score (nSPS) is 23.2. The first kappa shape index (κ1) is 12.0. The number of benzene rings is 1. The largest absolute Gasteiger partial charge is 0.493 e. The molecule has 5 heteroatoms. The van der Waals surface area contributed by atoms with Gasteiger partial charge in [-0.25, -0.2) is 4.99 Å². The van der Waals surface area contributed by atoms with E-state index >= 15 is 0 Å². The van der Waals surface area contributed by atoms with Crippen LogP contribution in [0.1, 0.15) is 11.7 Å². The number of rotatable bonds is 3. The minimum atomic E-state index is -0.124. The van der Waals surface area contributed by atoms with E-state index < -0.39 is 0 Å². The van der Waals surface area contributed by atoms with Gasteiger partial charge in [-0.15, -0.1) is 0 Å². The van der Waals surface area contributed by atoms with Crippen LogP contribution in [-0.4, -0.2) is 27.2 Å². The van der Waals surface area contributed by atoms with Gasteiger partial charge in [0.05, 0.1) is 32.5 Å². The molecule has 0 radical (unpaired) electrons. The van der Waals surface area contributed by atoms with Crippen LogP contribution < -0.4 is 9.47 Å². The summed E-state index contributed by atoms with van der Waals surface area (Å²) in [5, 5.41) is 0. The average molecular weight is 261 g/mol. The molecule has 0 N–H and O–H groups in total. The summed E-state index contributed by atoms with van der Waals surface area (Å²) in [5.41, 5.74) is 1.69. The molecule has 100 valence electrons. The van der Waals surface area contributed by atoms with E-state index in [2.05, 4.69) is 4.99 Å². The molecule has 0 aromatic heterocycles. The Kier molecular flexibility index (Phi) is 2.91. The van der Waals surface area contributed by atoms with Crippen molar-refractivity contribution in [2.45, 2.75) is 6.10 Å². The Bertz CT molecular complexity index is 565. The zero-order valence-electron chi connectivity index (χ0n) is 11.0. The van der Waals surface area contributed by atoms with Crippen molar-refractivity contribution >= 4 is 11.6 Å². The van der Waals surface area contributed by atoms with Crippen LogP contribution in [0, 0.1) is 5.92 Å². The summed E-state index contributed by atoms with van der Waals surface area (Å²) in [7, 11) is 4.88. The lowest BCUT2D eigenvalue weighted by molar-refractivity contribution is 0.0845. The van der Waals surface area contributed by atoms with Crippen molar-refractivity contribution in [2.75, 3.05) is 21.3 Å². The number of ether oxygens (including phenoxy) is 4. The molecule has 2 heterocycles. The van der Waals surface area contributed by atoms with Gasteiger partial charge >= 0.3 is 0 Å². The van der Waals surface area contributed by atoms with Crippen LogP contribution in [-0.2, 0) is 9.47 Å². The van der Waals surface area contributed by atoms with E-state index in [1.807, 2.05) is 18.2 Å². The van der Waals surface area contributed by atoms with E-state index in [1.165, 1.54) is 0 Å². The number of methoxy groups -OCH3 is 3. The minimum absolute atomic E-state index is 0.0237. The summed E-state index contributed by atoms with van der Waals surface area (Å²) in [5.74, 6) is 1.90. The van der Waals surface area contributed by atoms with Crippen molar-refractivity contribution in [3.8, 4) is 11.5 Å².